The van der Waals surface area contributed by atoms with Gasteiger partial charge in [-0.1, -0.05) is 30.4 Å². The van der Waals surface area contributed by atoms with Gasteiger partial charge in [-0.05, 0) is 46.2 Å². The number of guanidine groups is 1. The van der Waals surface area contributed by atoms with E-state index in [1.54, 1.807) is 0 Å². The lowest BCUT2D eigenvalue weighted by atomic mass is 10.00. The van der Waals surface area contributed by atoms with Crippen molar-refractivity contribution in [2.75, 3.05) is 13.1 Å². The SMILES string of the molecule is C(=NNC1=NCCN1)c1cccc2cc3c(cc12)=CCCC=3. The van der Waals surface area contributed by atoms with Crippen molar-refractivity contribution in [1.29, 1.82) is 0 Å². The average molecular weight is 290 g/mol. The molecule has 1 aliphatic carbocycles. The van der Waals surface area contributed by atoms with Crippen LogP contribution in [0.5, 0.6) is 0 Å². The Hall–Kier alpha value is -2.62. The summed E-state index contributed by atoms with van der Waals surface area (Å²) in [5, 5.41) is 12.6. The fourth-order valence-corrected chi connectivity index (χ4v) is 2.96. The lowest BCUT2D eigenvalue weighted by Gasteiger charge is -2.06. The van der Waals surface area contributed by atoms with E-state index >= 15 is 0 Å². The van der Waals surface area contributed by atoms with Crippen molar-refractivity contribution in [2.45, 2.75) is 12.8 Å². The molecule has 2 N–H and O–H groups in total. The Bertz CT molecular complexity index is 893. The first kappa shape index (κ1) is 13.1. The van der Waals surface area contributed by atoms with Crippen LogP contribution in [0.2, 0.25) is 0 Å². The van der Waals surface area contributed by atoms with Crippen LogP contribution in [0.3, 0.4) is 0 Å². The zero-order chi connectivity index (χ0) is 14.8. The van der Waals surface area contributed by atoms with E-state index < -0.39 is 0 Å². The zero-order valence-corrected chi connectivity index (χ0v) is 12.3. The standard InChI is InChI=1S/C18H18N4/c1-2-5-14-11-17-15(10-13(14)4-1)6-3-7-16(17)12-21-22-18-19-8-9-20-18/h3-7,10-12H,1-2,8-9H2,(H2,19,20,22). The molecule has 110 valence electrons. The Morgan fingerprint density at radius 2 is 2.00 bits per heavy atom. The summed E-state index contributed by atoms with van der Waals surface area (Å²) in [6, 6.07) is 10.9. The van der Waals surface area contributed by atoms with Gasteiger partial charge in [-0.15, -0.1) is 0 Å². The lowest BCUT2D eigenvalue weighted by Crippen LogP contribution is -2.30. The van der Waals surface area contributed by atoms with Crippen molar-refractivity contribution in [1.82, 2.24) is 10.7 Å². The van der Waals surface area contributed by atoms with Crippen LogP contribution in [0.15, 0.2) is 40.4 Å². The third kappa shape index (κ3) is 2.48. The molecule has 0 spiro atoms. The third-order valence-electron chi connectivity index (χ3n) is 4.06. The first-order valence-corrected chi connectivity index (χ1v) is 7.71. The van der Waals surface area contributed by atoms with Crippen molar-refractivity contribution in [3.63, 3.8) is 0 Å². The van der Waals surface area contributed by atoms with Gasteiger partial charge in [-0.25, -0.2) is 10.4 Å². The Morgan fingerprint density at radius 1 is 1.14 bits per heavy atom. The molecule has 0 saturated heterocycles. The topological polar surface area (TPSA) is 48.8 Å². The van der Waals surface area contributed by atoms with Crippen LogP contribution in [-0.4, -0.2) is 25.3 Å². The highest BCUT2D eigenvalue weighted by Crippen LogP contribution is 2.14. The molecule has 4 rings (SSSR count). The van der Waals surface area contributed by atoms with Crippen LogP contribution in [0.4, 0.5) is 0 Å². The molecule has 0 aromatic heterocycles. The van der Waals surface area contributed by atoms with E-state index in [1.165, 1.54) is 21.2 Å². The van der Waals surface area contributed by atoms with E-state index in [2.05, 4.69) is 63.3 Å². The predicted molar refractivity (Wildman–Crippen MR) is 92.4 cm³/mol. The number of hydrogen-bond donors (Lipinski definition) is 2. The summed E-state index contributed by atoms with van der Waals surface area (Å²) < 4.78 is 0. The van der Waals surface area contributed by atoms with Crippen molar-refractivity contribution in [2.24, 2.45) is 10.1 Å². The summed E-state index contributed by atoms with van der Waals surface area (Å²) in [7, 11) is 0. The van der Waals surface area contributed by atoms with Crippen LogP contribution in [0, 0.1) is 0 Å². The van der Waals surface area contributed by atoms with Gasteiger partial charge < -0.3 is 5.32 Å². The number of nitrogens with one attached hydrogen (secondary N) is 2. The fourth-order valence-electron chi connectivity index (χ4n) is 2.96. The monoisotopic (exact) mass is 290 g/mol. The molecule has 0 bridgehead atoms. The number of hydrazone groups is 1. The minimum atomic E-state index is 0.747. The molecule has 1 aliphatic heterocycles. The molecule has 1 heterocycles. The summed E-state index contributed by atoms with van der Waals surface area (Å²) in [5.41, 5.74) is 4.07. The van der Waals surface area contributed by atoms with E-state index in [9.17, 15) is 0 Å². The van der Waals surface area contributed by atoms with Gasteiger partial charge in [-0.2, -0.15) is 5.10 Å². The second kappa shape index (κ2) is 5.64. The number of rotatable bonds is 2. The lowest BCUT2D eigenvalue weighted by molar-refractivity contribution is 0.920. The maximum absolute atomic E-state index is 4.30. The van der Waals surface area contributed by atoms with E-state index in [0.717, 1.165) is 37.5 Å². The van der Waals surface area contributed by atoms with Crippen LogP contribution < -0.4 is 21.2 Å². The number of hydrogen-bond acceptors (Lipinski definition) is 4. The van der Waals surface area contributed by atoms with Gasteiger partial charge in [0.15, 0.2) is 0 Å². The van der Waals surface area contributed by atoms with Gasteiger partial charge in [0.05, 0.1) is 12.8 Å². The number of benzene rings is 2. The van der Waals surface area contributed by atoms with Crippen LogP contribution in [0.1, 0.15) is 18.4 Å². The molecule has 2 aromatic carbocycles. The number of fused-ring (bicyclic) bond motifs is 2. The second-order valence-corrected chi connectivity index (χ2v) is 5.56. The molecule has 0 radical (unpaired) electrons. The molecule has 0 saturated carbocycles. The van der Waals surface area contributed by atoms with Gasteiger partial charge in [0.2, 0.25) is 5.96 Å². The highest BCUT2D eigenvalue weighted by atomic mass is 15.4. The smallest absolute Gasteiger partial charge is 0.212 e. The van der Waals surface area contributed by atoms with E-state index in [1.807, 2.05) is 6.21 Å². The normalized spacial score (nSPS) is 16.6. The minimum Gasteiger partial charge on any atom is -0.353 e. The second-order valence-electron chi connectivity index (χ2n) is 5.56. The zero-order valence-electron chi connectivity index (χ0n) is 12.3. The molecule has 0 unspecified atom stereocenters. The number of nitrogens with zero attached hydrogens (tertiary/aromatic N) is 2. The maximum atomic E-state index is 4.30. The predicted octanol–water partition coefficient (Wildman–Crippen LogP) is 1.08. The summed E-state index contributed by atoms with van der Waals surface area (Å²) in [6.45, 7) is 1.69. The molecule has 2 aliphatic rings. The first-order valence-electron chi connectivity index (χ1n) is 7.71. The van der Waals surface area contributed by atoms with E-state index in [-0.39, 0.29) is 0 Å². The number of aliphatic imine (C=N–C) groups is 1. The Morgan fingerprint density at radius 3 is 2.82 bits per heavy atom. The van der Waals surface area contributed by atoms with Crippen molar-refractivity contribution >= 4 is 35.1 Å². The molecular formula is C18H18N4. The summed E-state index contributed by atoms with van der Waals surface area (Å²) in [6.07, 6.45) is 8.77. The maximum Gasteiger partial charge on any atom is 0.212 e. The molecule has 22 heavy (non-hydrogen) atoms. The van der Waals surface area contributed by atoms with E-state index in [4.69, 9.17) is 0 Å². The summed E-state index contributed by atoms with van der Waals surface area (Å²) >= 11 is 0. The summed E-state index contributed by atoms with van der Waals surface area (Å²) in [5.74, 6) is 0.747. The van der Waals surface area contributed by atoms with Gasteiger partial charge in [0, 0.05) is 12.1 Å². The largest absolute Gasteiger partial charge is 0.353 e. The van der Waals surface area contributed by atoms with Crippen LogP contribution >= 0.6 is 0 Å². The highest BCUT2D eigenvalue weighted by Gasteiger charge is 2.03. The van der Waals surface area contributed by atoms with Gasteiger partial charge in [0.25, 0.3) is 0 Å². The highest BCUT2D eigenvalue weighted by molar-refractivity contribution is 6.00. The summed E-state index contributed by atoms with van der Waals surface area (Å²) in [4.78, 5) is 4.26. The molecule has 0 atom stereocenters. The van der Waals surface area contributed by atoms with E-state index in [0.29, 0.717) is 0 Å². The van der Waals surface area contributed by atoms with Crippen molar-refractivity contribution in [3.05, 3.63) is 46.3 Å². The van der Waals surface area contributed by atoms with Crippen molar-refractivity contribution < 1.29 is 0 Å². The molecule has 4 nitrogen and oxygen atoms in total. The molecule has 0 amide bonds. The van der Waals surface area contributed by atoms with Crippen LogP contribution in [0.25, 0.3) is 22.9 Å². The molecule has 0 fully saturated rings. The Balaban J connectivity index is 1.73. The Kier molecular flexibility index (Phi) is 3.35. The fraction of sp³-hybridized carbons (Fsp3) is 0.222. The third-order valence-corrected chi connectivity index (χ3v) is 4.06. The molecule has 2 aromatic rings. The van der Waals surface area contributed by atoms with Crippen molar-refractivity contribution in [3.8, 4) is 0 Å². The molecule has 4 heteroatoms. The first-order chi connectivity index (χ1) is 10.9. The minimum absolute atomic E-state index is 0.747. The van der Waals surface area contributed by atoms with Gasteiger partial charge in [0.1, 0.15) is 0 Å². The van der Waals surface area contributed by atoms with Gasteiger partial charge >= 0.3 is 0 Å². The average Bonchev–Trinajstić information content (AvgIpc) is 3.07. The quantitative estimate of drug-likeness (QED) is 0.642. The molecular weight excluding hydrogens is 272 g/mol. The van der Waals surface area contributed by atoms with Gasteiger partial charge in [-0.3, -0.25) is 0 Å². The Labute approximate surface area is 129 Å². The van der Waals surface area contributed by atoms with Crippen LogP contribution in [-0.2, 0) is 0 Å².